The fourth-order valence-electron chi connectivity index (χ4n) is 3.78. The molecule has 0 unspecified atom stereocenters. The largest absolute Gasteiger partial charge is 0.353 e. The second-order valence-electron chi connectivity index (χ2n) is 7.34. The van der Waals surface area contributed by atoms with Crippen LogP contribution in [0.3, 0.4) is 0 Å². The van der Waals surface area contributed by atoms with Crippen molar-refractivity contribution < 1.29 is 9.59 Å². The van der Waals surface area contributed by atoms with Gasteiger partial charge in [-0.3, -0.25) is 9.59 Å². The van der Waals surface area contributed by atoms with E-state index in [1.165, 1.54) is 0 Å². The van der Waals surface area contributed by atoms with Gasteiger partial charge in [-0.15, -0.1) is 0 Å². The topological polar surface area (TPSA) is 56.8 Å². The molecule has 0 spiro atoms. The number of hydrogen-bond acceptors (Lipinski definition) is 4. The average Bonchev–Trinajstić information content (AvgIpc) is 3.49. The summed E-state index contributed by atoms with van der Waals surface area (Å²) in [7, 11) is 0. The molecule has 142 valence electrons. The number of hydrogen-bond donors (Lipinski definition) is 0. The van der Waals surface area contributed by atoms with E-state index < -0.39 is 5.41 Å². The first-order valence-corrected chi connectivity index (χ1v) is 9.87. The van der Waals surface area contributed by atoms with E-state index >= 15 is 0 Å². The van der Waals surface area contributed by atoms with E-state index in [-0.39, 0.29) is 11.8 Å². The summed E-state index contributed by atoms with van der Waals surface area (Å²) in [6.07, 6.45) is 5.06. The molecule has 26 heavy (non-hydrogen) atoms. The van der Waals surface area contributed by atoms with Crippen LogP contribution in [0, 0.1) is 5.41 Å². The van der Waals surface area contributed by atoms with Gasteiger partial charge >= 0.3 is 0 Å². The quantitative estimate of drug-likeness (QED) is 0.701. The van der Waals surface area contributed by atoms with Crippen molar-refractivity contribution in [2.75, 3.05) is 44.2 Å². The summed E-state index contributed by atoms with van der Waals surface area (Å²) in [6.45, 7) is 8.49. The van der Waals surface area contributed by atoms with Gasteiger partial charge in [0.05, 0.1) is 0 Å². The first-order valence-electron chi connectivity index (χ1n) is 9.87. The monoisotopic (exact) mass is 358 g/mol. The van der Waals surface area contributed by atoms with E-state index in [0.29, 0.717) is 25.9 Å². The summed E-state index contributed by atoms with van der Waals surface area (Å²) in [4.78, 5) is 36.5. The Labute approximate surface area is 156 Å². The summed E-state index contributed by atoms with van der Waals surface area (Å²) in [5, 5.41) is 0. The molecule has 2 fully saturated rings. The van der Waals surface area contributed by atoms with Crippen LogP contribution in [0.25, 0.3) is 0 Å². The maximum Gasteiger partial charge on any atom is 0.238 e. The molecule has 0 radical (unpaired) electrons. The molecule has 0 aromatic carbocycles. The van der Waals surface area contributed by atoms with Crippen molar-refractivity contribution in [3.05, 3.63) is 24.4 Å². The number of piperazine rings is 1. The number of aromatic nitrogens is 1. The molecular weight excluding hydrogens is 328 g/mol. The third-order valence-corrected chi connectivity index (χ3v) is 5.38. The van der Waals surface area contributed by atoms with Gasteiger partial charge in [-0.1, -0.05) is 19.9 Å². The van der Waals surface area contributed by atoms with E-state index in [1.807, 2.05) is 28.0 Å². The molecule has 0 atom stereocenters. The van der Waals surface area contributed by atoms with Crippen LogP contribution in [-0.2, 0) is 9.59 Å². The molecule has 2 amide bonds. The van der Waals surface area contributed by atoms with Crippen LogP contribution in [0.15, 0.2) is 24.4 Å². The summed E-state index contributed by atoms with van der Waals surface area (Å²) in [5.74, 6) is 1.05. The first-order chi connectivity index (χ1) is 12.6. The highest BCUT2D eigenvalue weighted by molar-refractivity contribution is 6.07. The lowest BCUT2D eigenvalue weighted by Crippen LogP contribution is -2.54. The summed E-state index contributed by atoms with van der Waals surface area (Å²) >= 11 is 0. The van der Waals surface area contributed by atoms with Crippen LogP contribution in [0.2, 0.25) is 0 Å². The smallest absolute Gasteiger partial charge is 0.238 e. The molecule has 6 nitrogen and oxygen atoms in total. The number of carbonyl (C=O) groups excluding carboxylic acids is 2. The average molecular weight is 358 g/mol. The predicted octanol–water partition coefficient (Wildman–Crippen LogP) is 2.16. The first kappa shape index (κ1) is 18.7. The number of carbonyl (C=O) groups is 2. The second-order valence-corrected chi connectivity index (χ2v) is 7.34. The van der Waals surface area contributed by atoms with Gasteiger partial charge in [0.15, 0.2) is 0 Å². The number of rotatable bonds is 7. The number of amides is 2. The molecule has 1 aromatic heterocycles. The van der Waals surface area contributed by atoms with Gasteiger partial charge in [0, 0.05) is 45.5 Å². The summed E-state index contributed by atoms with van der Waals surface area (Å²) in [5.41, 5.74) is -0.766. The zero-order chi connectivity index (χ0) is 18.6. The Morgan fingerprint density at radius 3 is 2.23 bits per heavy atom. The van der Waals surface area contributed by atoms with Crippen molar-refractivity contribution in [1.82, 2.24) is 14.8 Å². The van der Waals surface area contributed by atoms with E-state index in [0.717, 1.165) is 44.8 Å². The zero-order valence-electron chi connectivity index (χ0n) is 16.0. The number of nitrogens with zero attached hydrogens (tertiary/aromatic N) is 4. The maximum atomic E-state index is 13.1. The molecule has 3 rings (SSSR count). The molecule has 1 saturated carbocycles. The zero-order valence-corrected chi connectivity index (χ0v) is 16.0. The molecule has 1 aromatic rings. The lowest BCUT2D eigenvalue weighted by atomic mass is 10.0. The Hall–Kier alpha value is -2.11. The van der Waals surface area contributed by atoms with Gasteiger partial charge in [-0.25, -0.2) is 4.98 Å². The van der Waals surface area contributed by atoms with Gasteiger partial charge in [0.1, 0.15) is 11.2 Å². The fourth-order valence-corrected chi connectivity index (χ4v) is 3.78. The van der Waals surface area contributed by atoms with Crippen molar-refractivity contribution in [2.24, 2.45) is 5.41 Å². The lowest BCUT2D eigenvalue weighted by molar-refractivity contribution is -0.149. The van der Waals surface area contributed by atoms with Crippen LogP contribution >= 0.6 is 0 Å². The molecule has 6 heteroatoms. The van der Waals surface area contributed by atoms with Crippen molar-refractivity contribution in [2.45, 2.75) is 39.5 Å². The van der Waals surface area contributed by atoms with Crippen molar-refractivity contribution in [3.8, 4) is 0 Å². The van der Waals surface area contributed by atoms with Crippen LogP contribution in [-0.4, -0.2) is 65.9 Å². The van der Waals surface area contributed by atoms with E-state index in [9.17, 15) is 9.59 Å². The third kappa shape index (κ3) is 3.69. The minimum absolute atomic E-state index is 0.0420. The Balaban J connectivity index is 1.61. The second kappa shape index (κ2) is 8.06. The van der Waals surface area contributed by atoms with Gasteiger partial charge < -0.3 is 14.7 Å². The van der Waals surface area contributed by atoms with E-state index in [2.05, 4.69) is 23.7 Å². The van der Waals surface area contributed by atoms with E-state index in [4.69, 9.17) is 0 Å². The summed E-state index contributed by atoms with van der Waals surface area (Å²) < 4.78 is 0. The van der Waals surface area contributed by atoms with Crippen LogP contribution in [0.4, 0.5) is 5.82 Å². The lowest BCUT2D eigenvalue weighted by Gasteiger charge is -2.37. The molecular formula is C20H30N4O2. The normalized spacial score (nSPS) is 18.5. The van der Waals surface area contributed by atoms with Crippen LogP contribution < -0.4 is 4.90 Å². The van der Waals surface area contributed by atoms with Crippen molar-refractivity contribution in [3.63, 3.8) is 0 Å². The van der Waals surface area contributed by atoms with Gasteiger partial charge in [-0.05, 0) is 37.8 Å². The highest BCUT2D eigenvalue weighted by atomic mass is 16.2. The molecule has 1 saturated heterocycles. The Kier molecular flexibility index (Phi) is 5.79. The Morgan fingerprint density at radius 2 is 1.73 bits per heavy atom. The molecule has 2 heterocycles. The number of pyridine rings is 1. The fraction of sp³-hybridized carbons (Fsp3) is 0.650. The highest BCUT2D eigenvalue weighted by Gasteiger charge is 2.59. The van der Waals surface area contributed by atoms with Crippen LogP contribution in [0.1, 0.15) is 39.5 Å². The summed E-state index contributed by atoms with van der Waals surface area (Å²) in [6, 6.07) is 5.88. The van der Waals surface area contributed by atoms with E-state index in [1.54, 1.807) is 6.20 Å². The molecule has 1 aliphatic heterocycles. The Bertz CT molecular complexity index is 616. The van der Waals surface area contributed by atoms with Crippen molar-refractivity contribution in [1.29, 1.82) is 0 Å². The van der Waals surface area contributed by atoms with Gasteiger partial charge in [-0.2, -0.15) is 0 Å². The predicted molar refractivity (Wildman–Crippen MR) is 102 cm³/mol. The third-order valence-electron chi connectivity index (χ3n) is 5.38. The minimum Gasteiger partial charge on any atom is -0.353 e. The SMILES string of the molecule is CCCN(CCC)C(=O)C1(C(=O)N2CCN(c3ccccn3)CC2)CC1. The molecule has 1 aliphatic carbocycles. The highest BCUT2D eigenvalue weighted by Crippen LogP contribution is 2.49. The van der Waals surface area contributed by atoms with Crippen molar-refractivity contribution >= 4 is 17.6 Å². The minimum atomic E-state index is -0.766. The maximum absolute atomic E-state index is 13.1. The number of anilines is 1. The van der Waals surface area contributed by atoms with Gasteiger partial charge in [0.2, 0.25) is 11.8 Å². The standard InChI is InChI=1S/C20H30N4O2/c1-3-11-23(12-4-2)18(25)20(8-9-20)19(26)24-15-13-22(14-16-24)17-7-5-6-10-21-17/h5-7,10H,3-4,8-9,11-16H2,1-2H3. The molecule has 0 N–H and O–H groups in total. The molecule has 0 bridgehead atoms. The van der Waals surface area contributed by atoms with Gasteiger partial charge in [0.25, 0.3) is 0 Å². The molecule has 2 aliphatic rings. The van der Waals surface area contributed by atoms with Crippen LogP contribution in [0.5, 0.6) is 0 Å². The Morgan fingerprint density at radius 1 is 1.08 bits per heavy atom.